The maximum atomic E-state index is 5.82. The van der Waals surface area contributed by atoms with E-state index in [1.54, 1.807) is 43.5 Å². The van der Waals surface area contributed by atoms with E-state index in [4.69, 9.17) is 26.8 Å². The van der Waals surface area contributed by atoms with Gasteiger partial charge in [0.05, 0.1) is 7.11 Å². The summed E-state index contributed by atoms with van der Waals surface area (Å²) >= 11 is 5.82. The van der Waals surface area contributed by atoms with Gasteiger partial charge in [0.2, 0.25) is 0 Å². The first-order valence-corrected chi connectivity index (χ1v) is 6.04. The van der Waals surface area contributed by atoms with Gasteiger partial charge in [0.25, 0.3) is 0 Å². The molecule has 98 valence electrons. The Labute approximate surface area is 117 Å². The average molecular weight is 276 g/mol. The lowest BCUT2D eigenvalue weighted by molar-refractivity contribution is 0.378. The normalized spacial score (nSPS) is 10.0. The Kier molecular flexibility index (Phi) is 3.97. The minimum Gasteiger partial charge on any atom is -0.493 e. The summed E-state index contributed by atoms with van der Waals surface area (Å²) < 4.78 is 11.0. The van der Waals surface area contributed by atoms with Crippen LogP contribution < -0.4 is 15.2 Å². The van der Waals surface area contributed by atoms with E-state index < -0.39 is 0 Å². The third-order valence-corrected chi connectivity index (χ3v) is 2.83. The minimum absolute atomic E-state index is 0.483. The molecule has 0 amide bonds. The summed E-state index contributed by atoms with van der Waals surface area (Å²) in [4.78, 5) is 0. The van der Waals surface area contributed by atoms with Crippen molar-refractivity contribution in [2.45, 2.75) is 0 Å². The van der Waals surface area contributed by atoms with Crippen LogP contribution in [0.5, 0.6) is 17.2 Å². The lowest BCUT2D eigenvalue weighted by Crippen LogP contribution is -1.96. The van der Waals surface area contributed by atoms with Crippen LogP contribution in [0.4, 0.5) is 0 Å². The van der Waals surface area contributed by atoms with Crippen molar-refractivity contribution < 1.29 is 9.47 Å². The summed E-state index contributed by atoms with van der Waals surface area (Å²) in [5.74, 6) is 1.89. The highest BCUT2D eigenvalue weighted by molar-refractivity contribution is 6.30. The molecule has 2 rings (SSSR count). The molecule has 0 saturated carbocycles. The molecular formula is C15H14ClNO2. The Hall–Kier alpha value is -2.13. The predicted octanol–water partition coefficient (Wildman–Crippen LogP) is 4.07. The first-order chi connectivity index (χ1) is 9.10. The number of benzene rings is 2. The van der Waals surface area contributed by atoms with Crippen molar-refractivity contribution in [2.24, 2.45) is 5.73 Å². The summed E-state index contributed by atoms with van der Waals surface area (Å²) in [5.41, 5.74) is 6.94. The van der Waals surface area contributed by atoms with Gasteiger partial charge in [-0.3, -0.25) is 0 Å². The molecule has 0 aromatic heterocycles. The standard InChI is InChI=1S/C15H14ClNO2/c1-10(17)11-3-8-14(15(9-11)18-2)19-13-6-4-12(16)5-7-13/h3-9H,1,17H2,2H3. The van der Waals surface area contributed by atoms with Crippen LogP contribution in [0.25, 0.3) is 5.70 Å². The molecule has 0 heterocycles. The van der Waals surface area contributed by atoms with E-state index in [1.165, 1.54) is 0 Å². The van der Waals surface area contributed by atoms with Gasteiger partial charge in [-0.2, -0.15) is 0 Å². The zero-order valence-electron chi connectivity index (χ0n) is 10.5. The molecule has 19 heavy (non-hydrogen) atoms. The zero-order chi connectivity index (χ0) is 13.8. The highest BCUT2D eigenvalue weighted by Crippen LogP contribution is 2.33. The number of nitrogens with two attached hydrogens (primary N) is 1. The molecule has 0 unspecified atom stereocenters. The Morgan fingerprint density at radius 1 is 1.11 bits per heavy atom. The monoisotopic (exact) mass is 275 g/mol. The average Bonchev–Trinajstić information content (AvgIpc) is 2.41. The van der Waals surface area contributed by atoms with Crippen molar-refractivity contribution in [1.82, 2.24) is 0 Å². The lowest BCUT2D eigenvalue weighted by Gasteiger charge is -2.12. The predicted molar refractivity (Wildman–Crippen MR) is 77.7 cm³/mol. The van der Waals surface area contributed by atoms with Crippen LogP contribution >= 0.6 is 11.6 Å². The summed E-state index contributed by atoms with van der Waals surface area (Å²) in [6.07, 6.45) is 0. The molecule has 0 spiro atoms. The molecule has 0 atom stereocenters. The second-order valence-electron chi connectivity index (χ2n) is 3.95. The highest BCUT2D eigenvalue weighted by Gasteiger charge is 2.07. The van der Waals surface area contributed by atoms with E-state index in [-0.39, 0.29) is 0 Å². The summed E-state index contributed by atoms with van der Waals surface area (Å²) in [7, 11) is 1.58. The second kappa shape index (κ2) is 5.67. The van der Waals surface area contributed by atoms with Crippen molar-refractivity contribution in [2.75, 3.05) is 7.11 Å². The molecule has 0 aliphatic rings. The molecule has 0 aliphatic heterocycles. The number of rotatable bonds is 4. The van der Waals surface area contributed by atoms with E-state index in [1.807, 2.05) is 6.07 Å². The number of halogens is 1. The third kappa shape index (κ3) is 3.20. The summed E-state index contributed by atoms with van der Waals surface area (Å²) in [6.45, 7) is 3.69. The van der Waals surface area contributed by atoms with Crippen LogP contribution in [0.15, 0.2) is 49.0 Å². The van der Waals surface area contributed by atoms with Crippen LogP contribution in [0.2, 0.25) is 5.02 Å². The fraction of sp³-hybridized carbons (Fsp3) is 0.0667. The van der Waals surface area contributed by atoms with Gasteiger partial charge in [-0.15, -0.1) is 0 Å². The Morgan fingerprint density at radius 3 is 2.37 bits per heavy atom. The molecule has 0 radical (unpaired) electrons. The number of ether oxygens (including phenoxy) is 2. The largest absolute Gasteiger partial charge is 0.493 e. The van der Waals surface area contributed by atoms with Crippen LogP contribution in [0, 0.1) is 0 Å². The van der Waals surface area contributed by atoms with Gasteiger partial charge >= 0.3 is 0 Å². The molecule has 0 fully saturated rings. The molecule has 2 aromatic rings. The molecule has 4 heteroatoms. The van der Waals surface area contributed by atoms with Gasteiger partial charge in [0.1, 0.15) is 5.75 Å². The Balaban J connectivity index is 2.29. The topological polar surface area (TPSA) is 44.5 Å². The molecule has 3 nitrogen and oxygen atoms in total. The van der Waals surface area contributed by atoms with Crippen molar-refractivity contribution in [1.29, 1.82) is 0 Å². The van der Waals surface area contributed by atoms with Crippen LogP contribution in [-0.2, 0) is 0 Å². The number of methoxy groups -OCH3 is 1. The Morgan fingerprint density at radius 2 is 1.79 bits per heavy atom. The maximum Gasteiger partial charge on any atom is 0.169 e. The van der Waals surface area contributed by atoms with E-state index >= 15 is 0 Å². The van der Waals surface area contributed by atoms with Crippen molar-refractivity contribution in [3.8, 4) is 17.2 Å². The number of hydrogen-bond acceptors (Lipinski definition) is 3. The van der Waals surface area contributed by atoms with E-state index in [9.17, 15) is 0 Å². The summed E-state index contributed by atoms with van der Waals surface area (Å²) in [6, 6.07) is 12.5. The fourth-order valence-electron chi connectivity index (χ4n) is 1.58. The summed E-state index contributed by atoms with van der Waals surface area (Å²) in [5, 5.41) is 0.661. The van der Waals surface area contributed by atoms with Gasteiger partial charge in [-0.1, -0.05) is 18.2 Å². The maximum absolute atomic E-state index is 5.82. The highest BCUT2D eigenvalue weighted by atomic mass is 35.5. The van der Waals surface area contributed by atoms with Crippen molar-refractivity contribution >= 4 is 17.3 Å². The molecular weight excluding hydrogens is 262 g/mol. The van der Waals surface area contributed by atoms with E-state index in [0.717, 1.165) is 5.56 Å². The molecule has 2 aromatic carbocycles. The van der Waals surface area contributed by atoms with Crippen molar-refractivity contribution in [3.05, 3.63) is 59.6 Å². The first kappa shape index (κ1) is 13.3. The lowest BCUT2D eigenvalue weighted by atomic mass is 10.1. The first-order valence-electron chi connectivity index (χ1n) is 5.66. The van der Waals surface area contributed by atoms with Gasteiger partial charge in [0, 0.05) is 16.3 Å². The van der Waals surface area contributed by atoms with Crippen molar-refractivity contribution in [3.63, 3.8) is 0 Å². The smallest absolute Gasteiger partial charge is 0.169 e. The van der Waals surface area contributed by atoms with Crippen LogP contribution in [0.3, 0.4) is 0 Å². The number of hydrogen-bond donors (Lipinski definition) is 1. The quantitative estimate of drug-likeness (QED) is 0.915. The molecule has 0 aliphatic carbocycles. The van der Waals surface area contributed by atoms with Gasteiger partial charge in [0.15, 0.2) is 11.5 Å². The van der Waals surface area contributed by atoms with Gasteiger partial charge in [-0.05, 0) is 42.5 Å². The van der Waals surface area contributed by atoms with Crippen LogP contribution in [-0.4, -0.2) is 7.11 Å². The zero-order valence-corrected chi connectivity index (χ0v) is 11.3. The molecule has 2 N–H and O–H groups in total. The van der Waals surface area contributed by atoms with E-state index in [2.05, 4.69) is 6.58 Å². The third-order valence-electron chi connectivity index (χ3n) is 2.58. The fourth-order valence-corrected chi connectivity index (χ4v) is 1.71. The van der Waals surface area contributed by atoms with Gasteiger partial charge in [-0.25, -0.2) is 0 Å². The second-order valence-corrected chi connectivity index (χ2v) is 4.38. The molecule has 0 saturated heterocycles. The van der Waals surface area contributed by atoms with E-state index in [0.29, 0.717) is 28.0 Å². The molecule has 0 bridgehead atoms. The SMILES string of the molecule is C=C(N)c1ccc(Oc2ccc(Cl)cc2)c(OC)c1. The van der Waals surface area contributed by atoms with Gasteiger partial charge < -0.3 is 15.2 Å². The Bertz CT molecular complexity index is 594. The van der Waals surface area contributed by atoms with Crippen LogP contribution in [0.1, 0.15) is 5.56 Å². The minimum atomic E-state index is 0.483.